The lowest BCUT2D eigenvalue weighted by Crippen LogP contribution is -2.51. The molecule has 0 N–H and O–H groups in total. The zero-order valence-corrected chi connectivity index (χ0v) is 19.6. The lowest BCUT2D eigenvalue weighted by molar-refractivity contribution is -0.123. The minimum absolute atomic E-state index is 0.0170. The number of benzene rings is 2. The zero-order valence-electron chi connectivity index (χ0n) is 19.6. The van der Waals surface area contributed by atoms with Gasteiger partial charge in [-0.15, -0.1) is 0 Å². The van der Waals surface area contributed by atoms with Gasteiger partial charge in [-0.1, -0.05) is 45.2 Å². The quantitative estimate of drug-likeness (QED) is 0.588. The van der Waals surface area contributed by atoms with Gasteiger partial charge in [-0.3, -0.25) is 14.4 Å². The summed E-state index contributed by atoms with van der Waals surface area (Å²) in [5.41, 5.74) is 2.21. The first kappa shape index (κ1) is 23.0. The average molecular weight is 449 g/mol. The molecule has 6 heteroatoms. The van der Waals surface area contributed by atoms with Gasteiger partial charge in [0.15, 0.2) is 0 Å². The highest BCUT2D eigenvalue weighted by Gasteiger charge is 2.46. The topological polar surface area (TPSA) is 66.9 Å². The third kappa shape index (κ3) is 4.65. The number of carbonyl (C=O) groups is 3. The smallest absolute Gasteiger partial charge is 0.257 e. The van der Waals surface area contributed by atoms with E-state index >= 15 is 0 Å². The lowest BCUT2D eigenvalue weighted by Gasteiger charge is -2.37. The van der Waals surface area contributed by atoms with E-state index in [-0.39, 0.29) is 30.2 Å². The van der Waals surface area contributed by atoms with Crippen molar-refractivity contribution < 1.29 is 19.1 Å². The van der Waals surface area contributed by atoms with Crippen molar-refractivity contribution in [3.8, 4) is 5.75 Å². The van der Waals surface area contributed by atoms with Crippen molar-refractivity contribution in [1.82, 2.24) is 4.90 Å². The normalized spacial score (nSPS) is 19.3. The molecule has 2 aromatic carbocycles. The Labute approximate surface area is 195 Å². The third-order valence-electron chi connectivity index (χ3n) is 6.82. The number of ether oxygens (including phenoxy) is 1. The van der Waals surface area contributed by atoms with E-state index in [4.69, 9.17) is 4.74 Å². The Morgan fingerprint density at radius 3 is 2.18 bits per heavy atom. The van der Waals surface area contributed by atoms with E-state index < -0.39 is 6.04 Å². The number of imide groups is 1. The van der Waals surface area contributed by atoms with Crippen LogP contribution in [-0.4, -0.2) is 41.8 Å². The van der Waals surface area contributed by atoms with E-state index in [9.17, 15) is 14.4 Å². The molecule has 0 radical (unpaired) electrons. The van der Waals surface area contributed by atoms with Crippen molar-refractivity contribution in [2.45, 2.75) is 70.4 Å². The second-order valence-corrected chi connectivity index (χ2v) is 9.27. The molecule has 174 valence electrons. The van der Waals surface area contributed by atoms with Gasteiger partial charge < -0.3 is 9.64 Å². The van der Waals surface area contributed by atoms with Gasteiger partial charge in [-0.05, 0) is 60.7 Å². The van der Waals surface area contributed by atoms with Crippen molar-refractivity contribution in [3.05, 3.63) is 59.7 Å². The number of carbonyl (C=O) groups excluding carboxylic acids is 3. The van der Waals surface area contributed by atoms with Gasteiger partial charge in [0.05, 0.1) is 19.2 Å². The summed E-state index contributed by atoms with van der Waals surface area (Å²) in [5.74, 6) is 0.252. The number of methoxy groups -OCH3 is 1. The largest absolute Gasteiger partial charge is 0.497 e. The molecule has 2 aromatic rings. The number of hydrogen-bond donors (Lipinski definition) is 0. The van der Waals surface area contributed by atoms with Crippen molar-refractivity contribution >= 4 is 23.4 Å². The number of anilines is 1. The fourth-order valence-corrected chi connectivity index (χ4v) is 4.92. The molecule has 3 amide bonds. The number of rotatable bonds is 6. The predicted octanol–water partition coefficient (Wildman–Crippen LogP) is 4.93. The fourth-order valence-electron chi connectivity index (χ4n) is 4.92. The maximum Gasteiger partial charge on any atom is 0.257 e. The highest BCUT2D eigenvalue weighted by molar-refractivity contribution is 6.23. The first-order valence-corrected chi connectivity index (χ1v) is 11.8. The van der Waals surface area contributed by atoms with Gasteiger partial charge in [0.25, 0.3) is 11.8 Å². The molecule has 1 atom stereocenters. The Morgan fingerprint density at radius 1 is 0.970 bits per heavy atom. The van der Waals surface area contributed by atoms with Crippen LogP contribution in [0, 0.1) is 0 Å². The summed E-state index contributed by atoms with van der Waals surface area (Å²) >= 11 is 0. The Hall–Kier alpha value is -3.15. The molecule has 6 nitrogen and oxygen atoms in total. The summed E-state index contributed by atoms with van der Waals surface area (Å²) < 4.78 is 5.21. The van der Waals surface area contributed by atoms with Crippen LogP contribution in [0.15, 0.2) is 48.5 Å². The molecule has 2 fully saturated rings. The predicted molar refractivity (Wildman–Crippen MR) is 127 cm³/mol. The van der Waals surface area contributed by atoms with Crippen LogP contribution in [0.3, 0.4) is 0 Å². The van der Waals surface area contributed by atoms with Crippen molar-refractivity contribution in [1.29, 1.82) is 0 Å². The summed E-state index contributed by atoms with van der Waals surface area (Å²) in [5, 5.41) is 0. The second-order valence-electron chi connectivity index (χ2n) is 9.27. The average Bonchev–Trinajstić information content (AvgIpc) is 3.13. The molecule has 1 heterocycles. The van der Waals surface area contributed by atoms with Crippen LogP contribution in [0.5, 0.6) is 5.75 Å². The summed E-state index contributed by atoms with van der Waals surface area (Å²) in [6.07, 6.45) is 4.89. The molecule has 0 spiro atoms. The zero-order chi connectivity index (χ0) is 23.5. The van der Waals surface area contributed by atoms with Gasteiger partial charge >= 0.3 is 0 Å². The van der Waals surface area contributed by atoms with Gasteiger partial charge in [-0.25, -0.2) is 4.90 Å². The minimum atomic E-state index is -0.778. The van der Waals surface area contributed by atoms with E-state index in [0.29, 0.717) is 22.9 Å². The maximum atomic E-state index is 13.6. The molecule has 1 saturated heterocycles. The minimum Gasteiger partial charge on any atom is -0.497 e. The summed E-state index contributed by atoms with van der Waals surface area (Å²) in [7, 11) is 1.58. The first-order valence-electron chi connectivity index (χ1n) is 11.8. The standard InChI is InChI=1S/C27H32N2O4/c1-18(2)19-9-13-22(14-10-19)29-25(30)17-24(27(29)32)28(21-7-5-4-6-8-21)26(31)20-11-15-23(33-3)16-12-20/h9-16,18,21,24H,4-8,17H2,1-3H3. The van der Waals surface area contributed by atoms with Crippen LogP contribution in [0.4, 0.5) is 5.69 Å². The van der Waals surface area contributed by atoms with Crippen LogP contribution in [0.25, 0.3) is 0 Å². The van der Waals surface area contributed by atoms with Crippen molar-refractivity contribution in [3.63, 3.8) is 0 Å². The Bertz CT molecular complexity index is 1010. The van der Waals surface area contributed by atoms with Crippen LogP contribution >= 0.6 is 0 Å². The van der Waals surface area contributed by atoms with Gasteiger partial charge in [-0.2, -0.15) is 0 Å². The Balaban J connectivity index is 1.64. The van der Waals surface area contributed by atoms with Gasteiger partial charge in [0.1, 0.15) is 11.8 Å². The molecule has 1 saturated carbocycles. The number of amides is 3. The fraction of sp³-hybridized carbons (Fsp3) is 0.444. The van der Waals surface area contributed by atoms with E-state index in [2.05, 4.69) is 13.8 Å². The number of nitrogens with zero attached hydrogens (tertiary/aromatic N) is 2. The maximum absolute atomic E-state index is 13.6. The molecule has 0 bridgehead atoms. The molecule has 0 aromatic heterocycles. The summed E-state index contributed by atoms with van der Waals surface area (Å²) in [6.45, 7) is 4.20. The highest BCUT2D eigenvalue weighted by atomic mass is 16.5. The highest BCUT2D eigenvalue weighted by Crippen LogP contribution is 2.33. The van der Waals surface area contributed by atoms with E-state index in [1.54, 1.807) is 36.3 Å². The molecule has 1 unspecified atom stereocenters. The SMILES string of the molecule is COc1ccc(C(=O)N(C2CCCCC2)C2CC(=O)N(c3ccc(C(C)C)cc3)C2=O)cc1. The molecule has 33 heavy (non-hydrogen) atoms. The molecular weight excluding hydrogens is 416 g/mol. The van der Waals surface area contributed by atoms with E-state index in [1.165, 1.54) is 4.90 Å². The molecule has 1 aliphatic carbocycles. The van der Waals surface area contributed by atoms with Gasteiger partial charge in [0.2, 0.25) is 5.91 Å². The van der Waals surface area contributed by atoms with Gasteiger partial charge in [0, 0.05) is 11.6 Å². The molecule has 2 aliphatic rings. The summed E-state index contributed by atoms with van der Waals surface area (Å²) in [6, 6.07) is 13.7. The van der Waals surface area contributed by atoms with E-state index in [0.717, 1.165) is 37.7 Å². The lowest BCUT2D eigenvalue weighted by atomic mass is 9.92. The Morgan fingerprint density at radius 2 is 1.61 bits per heavy atom. The van der Waals surface area contributed by atoms with E-state index in [1.807, 2.05) is 24.3 Å². The monoisotopic (exact) mass is 448 g/mol. The van der Waals surface area contributed by atoms with Crippen LogP contribution < -0.4 is 9.64 Å². The van der Waals surface area contributed by atoms with Crippen LogP contribution in [-0.2, 0) is 9.59 Å². The molecular formula is C27H32N2O4. The number of hydrogen-bond acceptors (Lipinski definition) is 4. The van der Waals surface area contributed by atoms with Crippen molar-refractivity contribution in [2.75, 3.05) is 12.0 Å². The Kier molecular flexibility index (Phi) is 6.82. The third-order valence-corrected chi connectivity index (χ3v) is 6.82. The van der Waals surface area contributed by atoms with Crippen molar-refractivity contribution in [2.24, 2.45) is 0 Å². The summed E-state index contributed by atoms with van der Waals surface area (Å²) in [4.78, 5) is 43.1. The first-order chi connectivity index (χ1) is 15.9. The van der Waals surface area contributed by atoms with Crippen LogP contribution in [0.1, 0.15) is 74.2 Å². The van der Waals surface area contributed by atoms with Crippen LogP contribution in [0.2, 0.25) is 0 Å². The second kappa shape index (κ2) is 9.77. The molecule has 1 aliphatic heterocycles. The molecule has 4 rings (SSSR count).